The molecule has 0 saturated carbocycles. The van der Waals surface area contributed by atoms with Gasteiger partial charge < -0.3 is 15.4 Å². The van der Waals surface area contributed by atoms with Crippen molar-refractivity contribution in [1.82, 2.24) is 10.6 Å². The van der Waals surface area contributed by atoms with Crippen LogP contribution in [-0.4, -0.2) is 30.8 Å². The molecule has 0 atom stereocenters. The average molecular weight is 228 g/mol. The van der Waals surface area contributed by atoms with E-state index in [0.717, 1.165) is 19.3 Å². The number of carbonyl (C=O) groups excluding carboxylic acids is 2. The number of amides is 1. The van der Waals surface area contributed by atoms with E-state index in [1.165, 1.54) is 0 Å². The van der Waals surface area contributed by atoms with Gasteiger partial charge in [-0.3, -0.25) is 4.79 Å². The summed E-state index contributed by atoms with van der Waals surface area (Å²) in [5, 5.41) is 5.90. The second-order valence-corrected chi connectivity index (χ2v) is 4.40. The Bertz CT molecular complexity index is 215. The number of hydrogen-bond donors (Lipinski definition) is 2. The lowest BCUT2D eigenvalue weighted by atomic mass is 10.1. The van der Waals surface area contributed by atoms with Crippen LogP contribution in [0.2, 0.25) is 0 Å². The van der Waals surface area contributed by atoms with Crippen molar-refractivity contribution >= 4 is 11.7 Å². The van der Waals surface area contributed by atoms with Crippen LogP contribution in [0.15, 0.2) is 0 Å². The molecule has 0 bridgehead atoms. The molecule has 0 aliphatic carbocycles. The number of ketones is 1. The van der Waals surface area contributed by atoms with Gasteiger partial charge in [-0.1, -0.05) is 20.3 Å². The molecule has 0 aliphatic rings. The van der Waals surface area contributed by atoms with Gasteiger partial charge in [0.1, 0.15) is 5.78 Å². The van der Waals surface area contributed by atoms with Crippen molar-refractivity contribution in [2.45, 2.75) is 52.5 Å². The van der Waals surface area contributed by atoms with Gasteiger partial charge in [0.15, 0.2) is 0 Å². The Morgan fingerprint density at radius 2 is 1.81 bits per heavy atom. The van der Waals surface area contributed by atoms with E-state index in [2.05, 4.69) is 10.6 Å². The molecule has 0 heterocycles. The molecule has 2 N–H and O–H groups in total. The Kier molecular flexibility index (Phi) is 8.81. The topological polar surface area (TPSA) is 58.2 Å². The molecule has 0 saturated heterocycles. The zero-order valence-corrected chi connectivity index (χ0v) is 10.6. The van der Waals surface area contributed by atoms with Crippen molar-refractivity contribution in [3.05, 3.63) is 0 Å². The van der Waals surface area contributed by atoms with Gasteiger partial charge in [-0.2, -0.15) is 0 Å². The fraction of sp³-hybridized carbons (Fsp3) is 0.833. The molecule has 0 radical (unpaired) electrons. The molecule has 0 aromatic carbocycles. The highest BCUT2D eigenvalue weighted by Gasteiger charge is 2.01. The minimum absolute atomic E-state index is 0.0419. The monoisotopic (exact) mass is 228 g/mol. The lowest BCUT2D eigenvalue weighted by molar-refractivity contribution is -0.120. The minimum atomic E-state index is 0.0419. The zero-order chi connectivity index (χ0) is 12.4. The van der Waals surface area contributed by atoms with E-state index in [1.54, 1.807) is 6.92 Å². The highest BCUT2D eigenvalue weighted by atomic mass is 16.1. The summed E-state index contributed by atoms with van der Waals surface area (Å²) >= 11 is 0. The quantitative estimate of drug-likeness (QED) is 0.584. The van der Waals surface area contributed by atoms with Crippen molar-refractivity contribution in [3.63, 3.8) is 0 Å². The Morgan fingerprint density at radius 1 is 1.12 bits per heavy atom. The van der Waals surface area contributed by atoms with Crippen molar-refractivity contribution in [2.75, 3.05) is 13.1 Å². The number of carbonyl (C=O) groups is 2. The van der Waals surface area contributed by atoms with E-state index >= 15 is 0 Å². The highest BCUT2D eigenvalue weighted by molar-refractivity contribution is 5.78. The third kappa shape index (κ3) is 11.2. The van der Waals surface area contributed by atoms with E-state index in [4.69, 9.17) is 0 Å². The van der Waals surface area contributed by atoms with Gasteiger partial charge in [0.05, 0.1) is 6.54 Å². The molecule has 0 rings (SSSR count). The molecule has 0 unspecified atom stereocenters. The predicted octanol–water partition coefficient (Wildman–Crippen LogP) is 1.25. The standard InChI is InChI=1S/C12H24N2O2/c1-10(2)14-9-12(16)13-8-6-4-5-7-11(3)15/h10,14H,4-9H2,1-3H3,(H,13,16). The maximum atomic E-state index is 11.3. The van der Waals surface area contributed by atoms with Gasteiger partial charge in [0, 0.05) is 19.0 Å². The summed E-state index contributed by atoms with van der Waals surface area (Å²) < 4.78 is 0. The van der Waals surface area contributed by atoms with Crippen LogP contribution in [-0.2, 0) is 9.59 Å². The van der Waals surface area contributed by atoms with Crippen LogP contribution in [0, 0.1) is 0 Å². The highest BCUT2D eigenvalue weighted by Crippen LogP contribution is 1.99. The molecule has 4 heteroatoms. The van der Waals surface area contributed by atoms with Gasteiger partial charge in [-0.25, -0.2) is 0 Å². The first-order valence-electron chi connectivity index (χ1n) is 6.02. The molecular weight excluding hydrogens is 204 g/mol. The summed E-state index contributed by atoms with van der Waals surface area (Å²) in [6.07, 6.45) is 3.52. The van der Waals surface area contributed by atoms with E-state index < -0.39 is 0 Å². The summed E-state index contributed by atoms with van der Waals surface area (Å²) in [4.78, 5) is 21.9. The fourth-order valence-electron chi connectivity index (χ4n) is 1.26. The Balaban J connectivity index is 3.24. The largest absolute Gasteiger partial charge is 0.355 e. The smallest absolute Gasteiger partial charge is 0.233 e. The van der Waals surface area contributed by atoms with Crippen molar-refractivity contribution in [3.8, 4) is 0 Å². The van der Waals surface area contributed by atoms with Crippen molar-refractivity contribution in [2.24, 2.45) is 0 Å². The van der Waals surface area contributed by atoms with E-state index in [1.807, 2.05) is 13.8 Å². The average Bonchev–Trinajstić information content (AvgIpc) is 2.19. The first-order valence-corrected chi connectivity index (χ1v) is 6.02. The first kappa shape index (κ1) is 15.1. The van der Waals surface area contributed by atoms with Crippen LogP contribution < -0.4 is 10.6 Å². The second kappa shape index (κ2) is 9.33. The molecule has 4 nitrogen and oxygen atoms in total. The number of Topliss-reactive ketones (excluding diaryl/α,β-unsaturated/α-hetero) is 1. The van der Waals surface area contributed by atoms with Crippen LogP contribution in [0.1, 0.15) is 46.5 Å². The summed E-state index contributed by atoms with van der Waals surface area (Å²) in [5.41, 5.74) is 0. The summed E-state index contributed by atoms with van der Waals surface area (Å²) in [6.45, 7) is 6.71. The Hall–Kier alpha value is -0.900. The number of rotatable bonds is 9. The molecule has 0 spiro atoms. The molecule has 94 valence electrons. The third-order valence-electron chi connectivity index (χ3n) is 2.20. The maximum Gasteiger partial charge on any atom is 0.233 e. The molecular formula is C12H24N2O2. The van der Waals surface area contributed by atoms with Gasteiger partial charge in [-0.05, 0) is 19.8 Å². The number of nitrogens with one attached hydrogen (secondary N) is 2. The van der Waals surface area contributed by atoms with Gasteiger partial charge in [-0.15, -0.1) is 0 Å². The van der Waals surface area contributed by atoms with Crippen molar-refractivity contribution < 1.29 is 9.59 Å². The van der Waals surface area contributed by atoms with E-state index in [9.17, 15) is 9.59 Å². The molecule has 0 aromatic heterocycles. The maximum absolute atomic E-state index is 11.3. The normalized spacial score (nSPS) is 10.5. The number of hydrogen-bond acceptors (Lipinski definition) is 3. The first-order chi connectivity index (χ1) is 7.52. The minimum Gasteiger partial charge on any atom is -0.355 e. The zero-order valence-electron chi connectivity index (χ0n) is 10.6. The van der Waals surface area contributed by atoms with Gasteiger partial charge in [0.25, 0.3) is 0 Å². The Labute approximate surface area is 98.2 Å². The van der Waals surface area contributed by atoms with Crippen LogP contribution in [0.5, 0.6) is 0 Å². The molecule has 0 aliphatic heterocycles. The SMILES string of the molecule is CC(=O)CCCCCNC(=O)CNC(C)C. The van der Waals surface area contributed by atoms with E-state index in [0.29, 0.717) is 25.6 Å². The van der Waals surface area contributed by atoms with E-state index in [-0.39, 0.29) is 11.7 Å². The summed E-state index contributed by atoms with van der Waals surface area (Å²) in [7, 11) is 0. The van der Waals surface area contributed by atoms with Crippen LogP contribution in [0.25, 0.3) is 0 Å². The number of unbranched alkanes of at least 4 members (excludes halogenated alkanes) is 2. The van der Waals surface area contributed by atoms with Gasteiger partial charge >= 0.3 is 0 Å². The van der Waals surface area contributed by atoms with Crippen LogP contribution >= 0.6 is 0 Å². The van der Waals surface area contributed by atoms with Crippen LogP contribution in [0.4, 0.5) is 0 Å². The summed E-state index contributed by atoms with van der Waals surface area (Å²) in [5.74, 6) is 0.283. The molecule has 0 aromatic rings. The third-order valence-corrected chi connectivity index (χ3v) is 2.20. The lowest BCUT2D eigenvalue weighted by Crippen LogP contribution is -2.37. The van der Waals surface area contributed by atoms with Crippen molar-refractivity contribution in [1.29, 1.82) is 0 Å². The summed E-state index contributed by atoms with van der Waals surface area (Å²) in [6, 6.07) is 0.335. The van der Waals surface area contributed by atoms with Crippen LogP contribution in [0.3, 0.4) is 0 Å². The lowest BCUT2D eigenvalue weighted by Gasteiger charge is -2.08. The second-order valence-electron chi connectivity index (χ2n) is 4.40. The Morgan fingerprint density at radius 3 is 2.38 bits per heavy atom. The van der Waals surface area contributed by atoms with Gasteiger partial charge in [0.2, 0.25) is 5.91 Å². The molecule has 1 amide bonds. The molecule has 0 fully saturated rings. The predicted molar refractivity (Wildman–Crippen MR) is 65.3 cm³/mol. The fourth-order valence-corrected chi connectivity index (χ4v) is 1.26. The molecule has 16 heavy (non-hydrogen) atoms.